The third kappa shape index (κ3) is 7.90. The number of sulfonamides is 1. The quantitative estimate of drug-likeness (QED) is 0.276. The number of carbonyl (C=O) groups is 2. The standard InChI is InChI=1S/C29H33Cl2N3O5S/c1-4-17-32-29(36)21(3)33(19-22-9-8-10-24(31)18-22)28(35)20-34(26-11-6-7-12-27(26)39-5-2)40(37,38)25-15-13-23(30)14-16-25/h6-16,18,21H,4-5,17,19-20H2,1-3H3,(H,32,36). The van der Waals surface area contributed by atoms with Crippen LogP contribution in [0.5, 0.6) is 5.75 Å². The van der Waals surface area contributed by atoms with Crippen LogP contribution in [0, 0.1) is 0 Å². The van der Waals surface area contributed by atoms with Crippen LogP contribution in [0.3, 0.4) is 0 Å². The number of carbonyl (C=O) groups excluding carboxylic acids is 2. The molecular weight excluding hydrogens is 573 g/mol. The molecule has 0 aliphatic heterocycles. The first-order valence-electron chi connectivity index (χ1n) is 12.9. The summed E-state index contributed by atoms with van der Waals surface area (Å²) in [6.45, 7) is 5.51. The molecule has 40 heavy (non-hydrogen) atoms. The SMILES string of the molecule is CCCNC(=O)C(C)N(Cc1cccc(Cl)c1)C(=O)CN(c1ccccc1OCC)S(=O)(=O)c1ccc(Cl)cc1. The number of rotatable bonds is 13. The van der Waals surface area contributed by atoms with Crippen LogP contribution in [0.2, 0.25) is 10.0 Å². The molecule has 0 spiro atoms. The van der Waals surface area contributed by atoms with Gasteiger partial charge in [-0.1, -0.05) is 54.4 Å². The first-order valence-corrected chi connectivity index (χ1v) is 15.1. The molecule has 1 unspecified atom stereocenters. The Morgan fingerprint density at radius 3 is 2.30 bits per heavy atom. The molecule has 3 aromatic carbocycles. The van der Waals surface area contributed by atoms with Crippen LogP contribution < -0.4 is 14.4 Å². The second-order valence-corrected chi connectivity index (χ2v) is 11.7. The fraction of sp³-hybridized carbons (Fsp3) is 0.310. The lowest BCUT2D eigenvalue weighted by atomic mass is 10.1. The van der Waals surface area contributed by atoms with Gasteiger partial charge in [-0.3, -0.25) is 13.9 Å². The highest BCUT2D eigenvalue weighted by Gasteiger charge is 2.33. The van der Waals surface area contributed by atoms with Gasteiger partial charge in [-0.15, -0.1) is 0 Å². The van der Waals surface area contributed by atoms with Gasteiger partial charge in [-0.2, -0.15) is 0 Å². The minimum atomic E-state index is -4.25. The van der Waals surface area contributed by atoms with Crippen molar-refractivity contribution in [3.8, 4) is 5.75 Å². The van der Waals surface area contributed by atoms with Crippen molar-refractivity contribution in [3.05, 3.63) is 88.4 Å². The molecule has 0 heterocycles. The van der Waals surface area contributed by atoms with E-state index in [9.17, 15) is 18.0 Å². The van der Waals surface area contributed by atoms with Gasteiger partial charge >= 0.3 is 0 Å². The van der Waals surface area contributed by atoms with E-state index in [4.69, 9.17) is 27.9 Å². The van der Waals surface area contributed by atoms with Crippen LogP contribution in [0.4, 0.5) is 5.69 Å². The molecule has 0 saturated carbocycles. The van der Waals surface area contributed by atoms with Crippen molar-refractivity contribution in [1.29, 1.82) is 0 Å². The van der Waals surface area contributed by atoms with Crippen LogP contribution in [0.15, 0.2) is 77.7 Å². The zero-order valence-electron chi connectivity index (χ0n) is 22.6. The summed E-state index contributed by atoms with van der Waals surface area (Å²) in [4.78, 5) is 28.2. The van der Waals surface area contributed by atoms with Gasteiger partial charge in [0.15, 0.2) is 0 Å². The monoisotopic (exact) mass is 605 g/mol. The Morgan fingerprint density at radius 2 is 1.65 bits per heavy atom. The van der Waals surface area contributed by atoms with Crippen molar-refractivity contribution in [2.75, 3.05) is 24.0 Å². The average Bonchev–Trinajstić information content (AvgIpc) is 2.93. The number of nitrogens with one attached hydrogen (secondary N) is 1. The summed E-state index contributed by atoms with van der Waals surface area (Å²) in [5, 5.41) is 3.66. The Morgan fingerprint density at radius 1 is 0.950 bits per heavy atom. The molecule has 3 aromatic rings. The van der Waals surface area contributed by atoms with Gasteiger partial charge in [-0.05, 0) is 74.4 Å². The highest BCUT2D eigenvalue weighted by molar-refractivity contribution is 7.92. The molecule has 0 aromatic heterocycles. The van der Waals surface area contributed by atoms with E-state index in [1.807, 2.05) is 6.92 Å². The summed E-state index contributed by atoms with van der Waals surface area (Å²) in [5.41, 5.74) is 0.885. The van der Waals surface area contributed by atoms with Crippen LogP contribution >= 0.6 is 23.2 Å². The second-order valence-electron chi connectivity index (χ2n) is 8.98. The van der Waals surface area contributed by atoms with Gasteiger partial charge in [0.05, 0.1) is 17.2 Å². The normalized spacial score (nSPS) is 11.9. The third-order valence-corrected chi connectivity index (χ3v) is 8.33. The zero-order chi connectivity index (χ0) is 29.3. The summed E-state index contributed by atoms with van der Waals surface area (Å²) in [7, 11) is -4.25. The maximum absolute atomic E-state index is 14.0. The topological polar surface area (TPSA) is 96.0 Å². The molecule has 0 aliphatic rings. The Hall–Kier alpha value is -3.27. The number of ether oxygens (including phenoxy) is 1. The van der Waals surface area contributed by atoms with E-state index >= 15 is 0 Å². The first-order chi connectivity index (χ1) is 19.1. The molecule has 0 saturated heterocycles. The Labute approximate surface area is 245 Å². The molecule has 0 fully saturated rings. The van der Waals surface area contributed by atoms with Gasteiger partial charge in [0, 0.05) is 23.1 Å². The molecule has 0 aliphatic carbocycles. The lowest BCUT2D eigenvalue weighted by molar-refractivity contribution is -0.139. The summed E-state index contributed by atoms with van der Waals surface area (Å²) < 4.78 is 34.7. The fourth-order valence-corrected chi connectivity index (χ4v) is 5.76. The van der Waals surface area contributed by atoms with E-state index in [1.165, 1.54) is 29.2 Å². The smallest absolute Gasteiger partial charge is 0.264 e. The largest absolute Gasteiger partial charge is 0.492 e. The highest BCUT2D eigenvalue weighted by Crippen LogP contribution is 2.33. The second kappa shape index (κ2) is 14.4. The highest BCUT2D eigenvalue weighted by atomic mass is 35.5. The van der Waals surface area contributed by atoms with Crippen molar-refractivity contribution in [2.45, 2.75) is 44.7 Å². The molecule has 0 bridgehead atoms. The molecule has 2 amide bonds. The number of para-hydroxylation sites is 2. The summed E-state index contributed by atoms with van der Waals surface area (Å²) in [5.74, 6) is -0.632. The van der Waals surface area contributed by atoms with E-state index < -0.39 is 28.5 Å². The van der Waals surface area contributed by atoms with E-state index in [-0.39, 0.29) is 29.6 Å². The van der Waals surface area contributed by atoms with Gasteiger partial charge in [0.2, 0.25) is 11.8 Å². The Balaban J connectivity index is 2.07. The maximum atomic E-state index is 14.0. The van der Waals surface area contributed by atoms with Crippen molar-refractivity contribution < 1.29 is 22.7 Å². The fourth-order valence-electron chi connectivity index (χ4n) is 4.00. The predicted molar refractivity (Wildman–Crippen MR) is 158 cm³/mol. The average molecular weight is 607 g/mol. The van der Waals surface area contributed by atoms with Crippen molar-refractivity contribution in [3.63, 3.8) is 0 Å². The van der Waals surface area contributed by atoms with E-state index in [0.717, 1.165) is 10.7 Å². The maximum Gasteiger partial charge on any atom is 0.264 e. The Bertz CT molecular complexity index is 1420. The van der Waals surface area contributed by atoms with Gasteiger partial charge in [-0.25, -0.2) is 8.42 Å². The predicted octanol–water partition coefficient (Wildman–Crippen LogP) is 5.53. The van der Waals surface area contributed by atoms with E-state index in [0.29, 0.717) is 27.9 Å². The lowest BCUT2D eigenvalue weighted by Gasteiger charge is -2.32. The van der Waals surface area contributed by atoms with Crippen molar-refractivity contribution >= 4 is 50.7 Å². The molecular formula is C29H33Cl2N3O5S. The number of anilines is 1. The minimum Gasteiger partial charge on any atom is -0.492 e. The van der Waals surface area contributed by atoms with E-state index in [1.54, 1.807) is 62.4 Å². The van der Waals surface area contributed by atoms with Crippen LogP contribution in [-0.2, 0) is 26.2 Å². The summed E-state index contributed by atoms with van der Waals surface area (Å²) >= 11 is 12.2. The number of hydrogen-bond acceptors (Lipinski definition) is 5. The van der Waals surface area contributed by atoms with Crippen LogP contribution in [-0.4, -0.2) is 50.9 Å². The lowest BCUT2D eigenvalue weighted by Crippen LogP contribution is -2.51. The van der Waals surface area contributed by atoms with Crippen LogP contribution in [0.25, 0.3) is 0 Å². The number of hydrogen-bond donors (Lipinski definition) is 1. The number of amides is 2. The summed E-state index contributed by atoms with van der Waals surface area (Å²) in [6.07, 6.45) is 0.724. The first kappa shape index (κ1) is 31.3. The number of halogens is 2. The van der Waals surface area contributed by atoms with Gasteiger partial charge < -0.3 is 15.0 Å². The zero-order valence-corrected chi connectivity index (χ0v) is 25.0. The number of nitrogens with zero attached hydrogens (tertiary/aromatic N) is 2. The number of benzene rings is 3. The molecule has 0 radical (unpaired) electrons. The van der Waals surface area contributed by atoms with Gasteiger partial charge in [0.25, 0.3) is 10.0 Å². The molecule has 8 nitrogen and oxygen atoms in total. The molecule has 1 N–H and O–H groups in total. The third-order valence-electron chi connectivity index (χ3n) is 6.07. The van der Waals surface area contributed by atoms with Crippen LogP contribution in [0.1, 0.15) is 32.8 Å². The Kier molecular flexibility index (Phi) is 11.2. The van der Waals surface area contributed by atoms with E-state index in [2.05, 4.69) is 5.32 Å². The molecule has 3 rings (SSSR count). The molecule has 1 atom stereocenters. The minimum absolute atomic E-state index is 0.0437. The molecule has 11 heteroatoms. The van der Waals surface area contributed by atoms with Gasteiger partial charge in [0.1, 0.15) is 18.3 Å². The summed E-state index contributed by atoms with van der Waals surface area (Å²) in [6, 6.07) is 18.3. The van der Waals surface area contributed by atoms with Crippen molar-refractivity contribution in [1.82, 2.24) is 10.2 Å². The molecule has 214 valence electrons. The van der Waals surface area contributed by atoms with Crippen molar-refractivity contribution in [2.24, 2.45) is 0 Å².